The third-order valence-electron chi connectivity index (χ3n) is 3.07. The zero-order chi connectivity index (χ0) is 14.5. The molecule has 0 fully saturated rings. The Hall–Kier alpha value is -1.39. The van der Waals surface area contributed by atoms with Crippen molar-refractivity contribution in [3.8, 4) is 0 Å². The van der Waals surface area contributed by atoms with Crippen LogP contribution in [0.15, 0.2) is 52.3 Å². The second kappa shape index (κ2) is 6.86. The van der Waals surface area contributed by atoms with Crippen LogP contribution in [-0.2, 0) is 5.75 Å². The van der Waals surface area contributed by atoms with Crippen LogP contribution in [0, 0.1) is 6.92 Å². The number of aryl methyl sites for hydroxylation is 1. The van der Waals surface area contributed by atoms with E-state index >= 15 is 0 Å². The van der Waals surface area contributed by atoms with E-state index < -0.39 is 5.97 Å². The van der Waals surface area contributed by atoms with Crippen LogP contribution in [0.1, 0.15) is 21.5 Å². The van der Waals surface area contributed by atoms with Crippen molar-refractivity contribution in [2.24, 2.45) is 0 Å². The van der Waals surface area contributed by atoms with Crippen molar-refractivity contribution in [3.05, 3.63) is 59.2 Å². The molecule has 0 aliphatic heterocycles. The van der Waals surface area contributed by atoms with E-state index in [2.05, 4.69) is 19.1 Å². The molecule has 0 spiro atoms. The Balaban J connectivity index is 2.26. The molecule has 0 aliphatic rings. The number of carboxylic acid groups (broad SMARTS) is 1. The van der Waals surface area contributed by atoms with E-state index in [0.717, 1.165) is 15.5 Å². The summed E-state index contributed by atoms with van der Waals surface area (Å²) in [5.41, 5.74) is 2.89. The standard InChI is InChI=1S/C16H16O2S2/c1-11-6-3-4-7-12(11)10-20-14-9-5-8-13(19-2)15(14)16(17)18/h3-9H,10H2,1-2H3,(H,17,18). The second-order valence-corrected chi connectivity index (χ2v) is 6.22. The van der Waals surface area contributed by atoms with Crippen molar-refractivity contribution in [1.82, 2.24) is 0 Å². The van der Waals surface area contributed by atoms with Gasteiger partial charge in [0, 0.05) is 15.5 Å². The Morgan fingerprint density at radius 2 is 1.80 bits per heavy atom. The molecule has 104 valence electrons. The summed E-state index contributed by atoms with van der Waals surface area (Å²) >= 11 is 3.05. The molecule has 20 heavy (non-hydrogen) atoms. The number of carbonyl (C=O) groups is 1. The number of carboxylic acids is 1. The van der Waals surface area contributed by atoms with Crippen LogP contribution in [0.25, 0.3) is 0 Å². The molecule has 0 atom stereocenters. The molecule has 0 heterocycles. The molecular formula is C16H16O2S2. The zero-order valence-corrected chi connectivity index (χ0v) is 13.1. The summed E-state index contributed by atoms with van der Waals surface area (Å²) in [5.74, 6) is -0.0765. The molecule has 2 rings (SSSR count). The maximum absolute atomic E-state index is 11.5. The largest absolute Gasteiger partial charge is 0.478 e. The molecule has 0 aliphatic carbocycles. The predicted octanol–water partition coefficient (Wildman–Crippen LogP) is 4.71. The van der Waals surface area contributed by atoms with Gasteiger partial charge in [0.25, 0.3) is 0 Å². The van der Waals surface area contributed by atoms with Crippen molar-refractivity contribution in [2.75, 3.05) is 6.26 Å². The molecule has 0 saturated carbocycles. The molecule has 0 bridgehead atoms. The van der Waals surface area contributed by atoms with Gasteiger partial charge in [0.05, 0.1) is 5.56 Å². The van der Waals surface area contributed by atoms with Crippen molar-refractivity contribution >= 4 is 29.5 Å². The Bertz CT molecular complexity index is 624. The Morgan fingerprint density at radius 1 is 1.10 bits per heavy atom. The summed E-state index contributed by atoms with van der Waals surface area (Å²) in [6.45, 7) is 2.08. The number of hydrogen-bond donors (Lipinski definition) is 1. The van der Waals surface area contributed by atoms with Crippen LogP contribution in [0.2, 0.25) is 0 Å². The minimum atomic E-state index is -0.859. The van der Waals surface area contributed by atoms with Crippen LogP contribution >= 0.6 is 23.5 Å². The average molecular weight is 304 g/mol. The van der Waals surface area contributed by atoms with Crippen LogP contribution in [-0.4, -0.2) is 17.3 Å². The highest BCUT2D eigenvalue weighted by Gasteiger charge is 2.15. The third-order valence-corrected chi connectivity index (χ3v) is 4.95. The topological polar surface area (TPSA) is 37.3 Å². The fourth-order valence-corrected chi connectivity index (χ4v) is 3.77. The summed E-state index contributed by atoms with van der Waals surface area (Å²) < 4.78 is 0. The first-order chi connectivity index (χ1) is 9.63. The molecule has 4 heteroatoms. The summed E-state index contributed by atoms with van der Waals surface area (Å²) in [7, 11) is 0. The highest BCUT2D eigenvalue weighted by atomic mass is 32.2. The maximum atomic E-state index is 11.5. The van der Waals surface area contributed by atoms with Gasteiger partial charge in [-0.15, -0.1) is 23.5 Å². The minimum Gasteiger partial charge on any atom is -0.478 e. The van der Waals surface area contributed by atoms with Crippen molar-refractivity contribution in [2.45, 2.75) is 22.5 Å². The van der Waals surface area contributed by atoms with Gasteiger partial charge in [0.2, 0.25) is 0 Å². The SMILES string of the molecule is CSc1cccc(SCc2ccccc2C)c1C(=O)O. The predicted molar refractivity (Wildman–Crippen MR) is 85.9 cm³/mol. The molecule has 0 aromatic heterocycles. The van der Waals surface area contributed by atoms with Crippen LogP contribution in [0.4, 0.5) is 0 Å². The lowest BCUT2D eigenvalue weighted by Crippen LogP contribution is -2.01. The number of thioether (sulfide) groups is 2. The van der Waals surface area contributed by atoms with Gasteiger partial charge in [-0.3, -0.25) is 0 Å². The molecule has 0 unspecified atom stereocenters. The van der Waals surface area contributed by atoms with E-state index in [1.807, 2.05) is 36.6 Å². The summed E-state index contributed by atoms with van der Waals surface area (Å²) in [4.78, 5) is 13.1. The van der Waals surface area contributed by atoms with E-state index in [9.17, 15) is 9.90 Å². The van der Waals surface area contributed by atoms with Gasteiger partial charge in [-0.25, -0.2) is 4.79 Å². The van der Waals surface area contributed by atoms with Gasteiger partial charge in [0.15, 0.2) is 0 Å². The molecule has 0 amide bonds. The lowest BCUT2D eigenvalue weighted by atomic mass is 10.1. The normalized spacial score (nSPS) is 10.5. The zero-order valence-electron chi connectivity index (χ0n) is 11.4. The summed E-state index contributed by atoms with van der Waals surface area (Å²) in [5, 5.41) is 9.40. The third kappa shape index (κ3) is 3.38. The summed E-state index contributed by atoms with van der Waals surface area (Å²) in [6, 6.07) is 13.8. The van der Waals surface area contributed by atoms with Crippen molar-refractivity contribution in [1.29, 1.82) is 0 Å². The highest BCUT2D eigenvalue weighted by Crippen LogP contribution is 2.32. The second-order valence-electron chi connectivity index (χ2n) is 4.35. The molecule has 2 aromatic carbocycles. The van der Waals surface area contributed by atoms with Gasteiger partial charge in [-0.1, -0.05) is 30.3 Å². The molecule has 2 aromatic rings. The number of hydrogen-bond acceptors (Lipinski definition) is 3. The number of aromatic carboxylic acids is 1. The Kier molecular flexibility index (Phi) is 5.15. The molecule has 0 saturated heterocycles. The first-order valence-corrected chi connectivity index (χ1v) is 8.42. The first-order valence-electron chi connectivity index (χ1n) is 6.21. The summed E-state index contributed by atoms with van der Waals surface area (Å²) in [6.07, 6.45) is 1.90. The average Bonchev–Trinajstić information content (AvgIpc) is 2.45. The smallest absolute Gasteiger partial charge is 0.337 e. The monoisotopic (exact) mass is 304 g/mol. The lowest BCUT2D eigenvalue weighted by molar-refractivity contribution is 0.0689. The molecule has 2 nitrogen and oxygen atoms in total. The van der Waals surface area contributed by atoms with Crippen LogP contribution in [0.3, 0.4) is 0 Å². The fourth-order valence-electron chi connectivity index (χ4n) is 1.94. The number of benzene rings is 2. The molecule has 0 radical (unpaired) electrons. The van der Waals surface area contributed by atoms with Gasteiger partial charge in [-0.2, -0.15) is 0 Å². The van der Waals surface area contributed by atoms with Crippen LogP contribution < -0.4 is 0 Å². The molecule has 1 N–H and O–H groups in total. The van der Waals surface area contributed by atoms with Crippen molar-refractivity contribution < 1.29 is 9.90 Å². The number of rotatable bonds is 5. The minimum absolute atomic E-state index is 0.415. The first kappa shape index (κ1) is 15.0. The molecular weight excluding hydrogens is 288 g/mol. The van der Waals surface area contributed by atoms with Crippen molar-refractivity contribution in [3.63, 3.8) is 0 Å². The lowest BCUT2D eigenvalue weighted by Gasteiger charge is -2.10. The van der Waals surface area contributed by atoms with Gasteiger partial charge in [0.1, 0.15) is 0 Å². The van der Waals surface area contributed by atoms with Gasteiger partial charge in [-0.05, 0) is 36.4 Å². The Morgan fingerprint density at radius 3 is 2.45 bits per heavy atom. The highest BCUT2D eigenvalue weighted by molar-refractivity contribution is 7.99. The quantitative estimate of drug-likeness (QED) is 0.812. The Labute approximate surface area is 127 Å². The van der Waals surface area contributed by atoms with E-state index in [4.69, 9.17) is 0 Å². The van der Waals surface area contributed by atoms with Gasteiger partial charge < -0.3 is 5.11 Å². The van der Waals surface area contributed by atoms with E-state index in [0.29, 0.717) is 5.56 Å². The van der Waals surface area contributed by atoms with Crippen LogP contribution in [0.5, 0.6) is 0 Å². The van der Waals surface area contributed by atoms with Gasteiger partial charge >= 0.3 is 5.97 Å². The van der Waals surface area contributed by atoms with E-state index in [1.54, 1.807) is 11.8 Å². The maximum Gasteiger partial charge on any atom is 0.337 e. The van der Waals surface area contributed by atoms with E-state index in [-0.39, 0.29) is 0 Å². The van der Waals surface area contributed by atoms with E-state index in [1.165, 1.54) is 22.9 Å². The fraction of sp³-hybridized carbons (Fsp3) is 0.188.